The summed E-state index contributed by atoms with van der Waals surface area (Å²) >= 11 is 0. The van der Waals surface area contributed by atoms with Crippen LogP contribution in [-0.2, 0) is 4.74 Å². The number of amides is 1. The van der Waals surface area contributed by atoms with Crippen molar-refractivity contribution in [1.82, 2.24) is 15.3 Å². The second kappa shape index (κ2) is 6.54. The number of imidazole rings is 1. The van der Waals surface area contributed by atoms with Crippen molar-refractivity contribution in [2.75, 3.05) is 13.2 Å². The Morgan fingerprint density at radius 2 is 2.50 bits per heavy atom. The molecule has 100 valence electrons. The van der Waals surface area contributed by atoms with E-state index >= 15 is 0 Å². The Morgan fingerprint density at radius 1 is 1.61 bits per heavy atom. The summed E-state index contributed by atoms with van der Waals surface area (Å²) in [6.07, 6.45) is 7.70. The van der Waals surface area contributed by atoms with Gasteiger partial charge in [-0.25, -0.2) is 4.98 Å². The molecule has 1 aromatic rings. The fraction of sp³-hybridized carbons (Fsp3) is 0.692. The van der Waals surface area contributed by atoms with Crippen molar-refractivity contribution in [3.63, 3.8) is 0 Å². The van der Waals surface area contributed by atoms with E-state index < -0.39 is 0 Å². The molecule has 5 heteroatoms. The number of carbonyl (C=O) groups is 1. The second-order valence-corrected chi connectivity index (χ2v) is 4.80. The van der Waals surface area contributed by atoms with Crippen LogP contribution in [0.3, 0.4) is 0 Å². The van der Waals surface area contributed by atoms with E-state index in [2.05, 4.69) is 15.3 Å². The molecule has 2 heterocycles. The normalized spacial score (nSPS) is 19.1. The minimum atomic E-state index is -0.125. The maximum absolute atomic E-state index is 11.6. The van der Waals surface area contributed by atoms with Crippen LogP contribution in [0, 0.1) is 6.92 Å². The first-order chi connectivity index (χ1) is 8.75. The fourth-order valence-electron chi connectivity index (χ4n) is 2.18. The van der Waals surface area contributed by atoms with Gasteiger partial charge in [-0.15, -0.1) is 0 Å². The summed E-state index contributed by atoms with van der Waals surface area (Å²) < 4.78 is 5.55. The number of nitrogens with one attached hydrogen (secondary N) is 2. The van der Waals surface area contributed by atoms with E-state index in [9.17, 15) is 4.79 Å². The number of aromatic amines is 1. The molecule has 1 atom stereocenters. The molecule has 18 heavy (non-hydrogen) atoms. The topological polar surface area (TPSA) is 67.0 Å². The van der Waals surface area contributed by atoms with E-state index in [0.717, 1.165) is 31.6 Å². The van der Waals surface area contributed by atoms with Crippen molar-refractivity contribution in [1.29, 1.82) is 0 Å². The quantitative estimate of drug-likeness (QED) is 0.758. The minimum Gasteiger partial charge on any atom is -0.378 e. The first-order valence-electron chi connectivity index (χ1n) is 6.67. The number of rotatable bonds is 6. The predicted octanol–water partition coefficient (Wildman–Crippen LogP) is 1.80. The Hall–Kier alpha value is -1.36. The van der Waals surface area contributed by atoms with Gasteiger partial charge in [0.15, 0.2) is 5.82 Å². The first kappa shape index (κ1) is 13.1. The molecule has 0 unspecified atom stereocenters. The molecule has 0 aromatic carbocycles. The fourth-order valence-corrected chi connectivity index (χ4v) is 2.18. The molecule has 0 spiro atoms. The van der Waals surface area contributed by atoms with Gasteiger partial charge in [-0.05, 0) is 39.0 Å². The van der Waals surface area contributed by atoms with Gasteiger partial charge in [0.25, 0.3) is 5.91 Å². The summed E-state index contributed by atoms with van der Waals surface area (Å²) in [5.74, 6) is 0.270. The van der Waals surface area contributed by atoms with Crippen molar-refractivity contribution in [3.8, 4) is 0 Å². The van der Waals surface area contributed by atoms with Crippen LogP contribution in [0.1, 0.15) is 48.4 Å². The largest absolute Gasteiger partial charge is 0.378 e. The average Bonchev–Trinajstić information content (AvgIpc) is 2.99. The third-order valence-corrected chi connectivity index (χ3v) is 3.18. The van der Waals surface area contributed by atoms with Crippen LogP contribution in [-0.4, -0.2) is 35.1 Å². The Balaban J connectivity index is 1.56. The Labute approximate surface area is 107 Å². The molecule has 2 rings (SSSR count). The minimum absolute atomic E-state index is 0.125. The predicted molar refractivity (Wildman–Crippen MR) is 68.5 cm³/mol. The number of hydrogen-bond donors (Lipinski definition) is 2. The lowest BCUT2D eigenvalue weighted by molar-refractivity contribution is 0.0938. The number of hydrogen-bond acceptors (Lipinski definition) is 3. The van der Waals surface area contributed by atoms with Crippen LogP contribution in [0.4, 0.5) is 0 Å². The first-order valence-corrected chi connectivity index (χ1v) is 6.67. The summed E-state index contributed by atoms with van der Waals surface area (Å²) in [6, 6.07) is 0. The van der Waals surface area contributed by atoms with Crippen LogP contribution in [0.2, 0.25) is 0 Å². The molecular weight excluding hydrogens is 230 g/mol. The molecule has 1 aliphatic heterocycles. The highest BCUT2D eigenvalue weighted by atomic mass is 16.5. The van der Waals surface area contributed by atoms with Gasteiger partial charge in [-0.2, -0.15) is 0 Å². The van der Waals surface area contributed by atoms with Crippen LogP contribution >= 0.6 is 0 Å². The average molecular weight is 251 g/mol. The smallest absolute Gasteiger partial charge is 0.287 e. The van der Waals surface area contributed by atoms with E-state index in [-0.39, 0.29) is 5.91 Å². The van der Waals surface area contributed by atoms with Crippen molar-refractivity contribution < 1.29 is 9.53 Å². The summed E-state index contributed by atoms with van der Waals surface area (Å²) in [4.78, 5) is 18.6. The lowest BCUT2D eigenvalue weighted by Crippen LogP contribution is -2.25. The zero-order valence-corrected chi connectivity index (χ0v) is 10.9. The summed E-state index contributed by atoms with van der Waals surface area (Å²) in [7, 11) is 0. The SMILES string of the molecule is Cc1cnc(C(=O)NCCCC[C@H]2CCCO2)[nH]1. The zero-order valence-electron chi connectivity index (χ0n) is 10.9. The number of H-pyrrole nitrogens is 1. The summed E-state index contributed by atoms with van der Waals surface area (Å²) in [5, 5.41) is 2.86. The highest BCUT2D eigenvalue weighted by molar-refractivity contribution is 5.90. The number of ether oxygens (including phenoxy) is 1. The molecule has 1 amide bonds. The van der Waals surface area contributed by atoms with E-state index in [0.29, 0.717) is 18.5 Å². The maximum atomic E-state index is 11.6. The number of unbranched alkanes of at least 4 members (excludes halogenated alkanes) is 1. The maximum Gasteiger partial charge on any atom is 0.287 e. The van der Waals surface area contributed by atoms with Gasteiger partial charge in [0, 0.05) is 25.0 Å². The molecule has 0 saturated carbocycles. The van der Waals surface area contributed by atoms with Crippen LogP contribution in [0.15, 0.2) is 6.20 Å². The Morgan fingerprint density at radius 3 is 3.17 bits per heavy atom. The van der Waals surface area contributed by atoms with Gasteiger partial charge < -0.3 is 15.0 Å². The van der Waals surface area contributed by atoms with Gasteiger partial charge in [0.2, 0.25) is 0 Å². The van der Waals surface area contributed by atoms with Crippen LogP contribution in [0.25, 0.3) is 0 Å². The zero-order chi connectivity index (χ0) is 12.8. The highest BCUT2D eigenvalue weighted by Crippen LogP contribution is 2.17. The van der Waals surface area contributed by atoms with Gasteiger partial charge >= 0.3 is 0 Å². The molecule has 0 bridgehead atoms. The van der Waals surface area contributed by atoms with E-state index in [4.69, 9.17) is 4.74 Å². The van der Waals surface area contributed by atoms with E-state index in [1.165, 1.54) is 12.8 Å². The molecule has 5 nitrogen and oxygen atoms in total. The number of aromatic nitrogens is 2. The van der Waals surface area contributed by atoms with Crippen molar-refractivity contribution in [2.24, 2.45) is 0 Å². The number of carbonyl (C=O) groups excluding carboxylic acids is 1. The molecule has 0 radical (unpaired) electrons. The van der Waals surface area contributed by atoms with Gasteiger partial charge in [0.05, 0.1) is 6.10 Å². The molecule has 1 saturated heterocycles. The van der Waals surface area contributed by atoms with Crippen molar-refractivity contribution in [2.45, 2.75) is 45.1 Å². The van der Waals surface area contributed by atoms with E-state index in [1.54, 1.807) is 6.20 Å². The molecular formula is C13H21N3O2. The molecule has 1 fully saturated rings. The lowest BCUT2D eigenvalue weighted by atomic mass is 10.1. The van der Waals surface area contributed by atoms with Gasteiger partial charge in [0.1, 0.15) is 0 Å². The monoisotopic (exact) mass is 251 g/mol. The standard InChI is InChI=1S/C13H21N3O2/c1-10-9-15-12(16-10)13(17)14-7-3-2-5-11-6-4-8-18-11/h9,11H,2-8H2,1H3,(H,14,17)(H,15,16)/t11-/m0/s1. The lowest BCUT2D eigenvalue weighted by Gasteiger charge is -2.08. The molecule has 2 N–H and O–H groups in total. The molecule has 1 aromatic heterocycles. The number of nitrogens with zero attached hydrogens (tertiary/aromatic N) is 1. The highest BCUT2D eigenvalue weighted by Gasteiger charge is 2.14. The summed E-state index contributed by atoms with van der Waals surface area (Å²) in [5.41, 5.74) is 0.901. The molecule has 0 aliphatic carbocycles. The third-order valence-electron chi connectivity index (χ3n) is 3.18. The number of aryl methyl sites for hydroxylation is 1. The van der Waals surface area contributed by atoms with Gasteiger partial charge in [-0.3, -0.25) is 4.79 Å². The Bertz CT molecular complexity index is 383. The van der Waals surface area contributed by atoms with Crippen molar-refractivity contribution in [3.05, 3.63) is 17.7 Å². The van der Waals surface area contributed by atoms with Crippen LogP contribution < -0.4 is 5.32 Å². The van der Waals surface area contributed by atoms with Crippen LogP contribution in [0.5, 0.6) is 0 Å². The molecule has 1 aliphatic rings. The summed E-state index contributed by atoms with van der Waals surface area (Å²) in [6.45, 7) is 3.50. The third kappa shape index (κ3) is 3.84. The van der Waals surface area contributed by atoms with Gasteiger partial charge in [-0.1, -0.05) is 0 Å². The van der Waals surface area contributed by atoms with E-state index in [1.807, 2.05) is 6.92 Å². The Kier molecular flexibility index (Phi) is 4.75. The second-order valence-electron chi connectivity index (χ2n) is 4.80. The van der Waals surface area contributed by atoms with Crippen molar-refractivity contribution >= 4 is 5.91 Å².